The fourth-order valence-corrected chi connectivity index (χ4v) is 2.75. The van der Waals surface area contributed by atoms with Crippen LogP contribution in [0, 0.1) is 0 Å². The molecule has 0 saturated heterocycles. The highest BCUT2D eigenvalue weighted by atomic mass is 32.1. The number of imidazole rings is 1. The monoisotopic (exact) mass is 328 g/mol. The summed E-state index contributed by atoms with van der Waals surface area (Å²) in [6.45, 7) is 3.95. The van der Waals surface area contributed by atoms with Crippen molar-refractivity contribution < 1.29 is 0 Å². The number of nitrogens with zero attached hydrogens (tertiary/aromatic N) is 4. The van der Waals surface area contributed by atoms with Gasteiger partial charge in [0.2, 0.25) is 11.1 Å². The van der Waals surface area contributed by atoms with Crippen molar-refractivity contribution in [3.05, 3.63) is 54.6 Å². The SMILES string of the molecule is CC(CCNc1nc(-n2ccnc2)ns1)NCc1ccccc1. The number of rotatable bonds is 8. The maximum Gasteiger partial charge on any atom is 0.248 e. The molecule has 3 rings (SSSR count). The lowest BCUT2D eigenvalue weighted by Gasteiger charge is -2.13. The Morgan fingerprint density at radius 2 is 2.13 bits per heavy atom. The van der Waals surface area contributed by atoms with Crippen molar-refractivity contribution in [3.8, 4) is 5.95 Å². The van der Waals surface area contributed by atoms with Crippen molar-refractivity contribution in [2.24, 2.45) is 0 Å². The van der Waals surface area contributed by atoms with E-state index in [9.17, 15) is 0 Å². The summed E-state index contributed by atoms with van der Waals surface area (Å²) in [5.74, 6) is 0.658. The zero-order chi connectivity index (χ0) is 15.9. The van der Waals surface area contributed by atoms with Crippen molar-refractivity contribution in [2.45, 2.75) is 25.9 Å². The van der Waals surface area contributed by atoms with E-state index in [1.165, 1.54) is 17.1 Å². The third kappa shape index (κ3) is 4.61. The van der Waals surface area contributed by atoms with Crippen LogP contribution in [0.3, 0.4) is 0 Å². The topological polar surface area (TPSA) is 67.7 Å². The van der Waals surface area contributed by atoms with E-state index < -0.39 is 0 Å². The molecule has 3 aromatic rings. The molecule has 23 heavy (non-hydrogen) atoms. The Kier molecular flexibility index (Phi) is 5.33. The highest BCUT2D eigenvalue weighted by Gasteiger charge is 2.06. The molecule has 0 amide bonds. The van der Waals surface area contributed by atoms with Crippen LogP contribution in [0.5, 0.6) is 0 Å². The summed E-state index contributed by atoms with van der Waals surface area (Å²) in [4.78, 5) is 8.44. The number of hydrogen-bond donors (Lipinski definition) is 2. The second kappa shape index (κ2) is 7.85. The summed E-state index contributed by atoms with van der Waals surface area (Å²) in [6.07, 6.45) is 6.27. The average Bonchev–Trinajstić information content (AvgIpc) is 3.25. The lowest BCUT2D eigenvalue weighted by Crippen LogP contribution is -2.27. The zero-order valence-electron chi connectivity index (χ0n) is 13.0. The first-order valence-corrected chi connectivity index (χ1v) is 8.42. The molecule has 120 valence electrons. The molecule has 0 spiro atoms. The number of nitrogens with one attached hydrogen (secondary N) is 2. The lowest BCUT2D eigenvalue weighted by molar-refractivity contribution is 0.525. The van der Waals surface area contributed by atoms with E-state index in [4.69, 9.17) is 0 Å². The van der Waals surface area contributed by atoms with Crippen LogP contribution in [0.15, 0.2) is 49.1 Å². The number of hydrogen-bond acceptors (Lipinski definition) is 6. The van der Waals surface area contributed by atoms with Gasteiger partial charge >= 0.3 is 0 Å². The van der Waals surface area contributed by atoms with E-state index in [2.05, 4.69) is 56.2 Å². The van der Waals surface area contributed by atoms with Crippen molar-refractivity contribution in [1.82, 2.24) is 24.2 Å². The van der Waals surface area contributed by atoms with Gasteiger partial charge in [0.05, 0.1) is 0 Å². The van der Waals surface area contributed by atoms with Gasteiger partial charge in [-0.2, -0.15) is 9.36 Å². The molecule has 1 atom stereocenters. The Morgan fingerprint density at radius 1 is 1.26 bits per heavy atom. The van der Waals surface area contributed by atoms with Gasteiger partial charge in [-0.05, 0) is 18.9 Å². The van der Waals surface area contributed by atoms with E-state index in [1.54, 1.807) is 17.1 Å². The molecule has 1 aromatic carbocycles. The van der Waals surface area contributed by atoms with Crippen LogP contribution in [-0.2, 0) is 6.54 Å². The van der Waals surface area contributed by atoms with Gasteiger partial charge in [-0.25, -0.2) is 4.98 Å². The predicted molar refractivity (Wildman–Crippen MR) is 92.9 cm³/mol. The molecule has 0 saturated carbocycles. The molecule has 0 aliphatic heterocycles. The Labute approximate surface area is 139 Å². The quantitative estimate of drug-likeness (QED) is 0.665. The van der Waals surface area contributed by atoms with Crippen LogP contribution < -0.4 is 10.6 Å². The summed E-state index contributed by atoms with van der Waals surface area (Å²) in [5.41, 5.74) is 1.31. The second-order valence-electron chi connectivity index (χ2n) is 5.35. The predicted octanol–water partition coefficient (Wildman–Crippen LogP) is 2.70. The van der Waals surface area contributed by atoms with Crippen LogP contribution >= 0.6 is 11.5 Å². The van der Waals surface area contributed by atoms with Crippen LogP contribution in [0.1, 0.15) is 18.9 Å². The molecule has 0 aliphatic carbocycles. The van der Waals surface area contributed by atoms with Gasteiger partial charge in [0, 0.05) is 43.1 Å². The second-order valence-corrected chi connectivity index (χ2v) is 6.10. The van der Waals surface area contributed by atoms with Gasteiger partial charge in [-0.1, -0.05) is 30.3 Å². The molecule has 0 fully saturated rings. The maximum absolute atomic E-state index is 4.44. The lowest BCUT2D eigenvalue weighted by atomic mass is 10.2. The van der Waals surface area contributed by atoms with E-state index in [0.29, 0.717) is 12.0 Å². The molecule has 6 nitrogen and oxygen atoms in total. The van der Waals surface area contributed by atoms with Crippen LogP contribution in [0.2, 0.25) is 0 Å². The minimum Gasteiger partial charge on any atom is -0.360 e. The highest BCUT2D eigenvalue weighted by molar-refractivity contribution is 7.09. The Bertz CT molecular complexity index is 694. The van der Waals surface area contributed by atoms with Gasteiger partial charge in [0.15, 0.2) is 0 Å². The summed E-state index contributed by atoms with van der Waals surface area (Å²) < 4.78 is 6.11. The molecule has 7 heteroatoms. The highest BCUT2D eigenvalue weighted by Crippen LogP contribution is 2.13. The molecule has 0 radical (unpaired) electrons. The summed E-state index contributed by atoms with van der Waals surface area (Å²) in [6, 6.07) is 10.9. The zero-order valence-corrected chi connectivity index (χ0v) is 13.8. The smallest absolute Gasteiger partial charge is 0.248 e. The van der Waals surface area contributed by atoms with Crippen LogP contribution in [-0.4, -0.2) is 31.5 Å². The van der Waals surface area contributed by atoms with Gasteiger partial charge < -0.3 is 10.6 Å². The molecule has 2 aromatic heterocycles. The first-order valence-electron chi connectivity index (χ1n) is 7.64. The largest absolute Gasteiger partial charge is 0.360 e. The van der Waals surface area contributed by atoms with Gasteiger partial charge in [0.1, 0.15) is 6.33 Å². The maximum atomic E-state index is 4.44. The average molecular weight is 328 g/mol. The standard InChI is InChI=1S/C16H20N6S/c1-13(19-11-14-5-3-2-4-6-14)7-8-18-16-20-15(21-23-16)22-10-9-17-12-22/h2-6,9-10,12-13,19H,7-8,11H2,1H3,(H,18,20,21). The molecule has 2 N–H and O–H groups in total. The molecular weight excluding hydrogens is 308 g/mol. The molecule has 0 bridgehead atoms. The number of anilines is 1. The summed E-state index contributed by atoms with van der Waals surface area (Å²) >= 11 is 1.37. The van der Waals surface area contributed by atoms with E-state index in [-0.39, 0.29) is 0 Å². The van der Waals surface area contributed by atoms with Gasteiger partial charge in [-0.15, -0.1) is 0 Å². The molecule has 2 heterocycles. The number of benzene rings is 1. The summed E-state index contributed by atoms with van der Waals surface area (Å²) in [5, 5.41) is 7.69. The third-order valence-corrected chi connectivity index (χ3v) is 4.16. The van der Waals surface area contributed by atoms with Crippen LogP contribution in [0.25, 0.3) is 5.95 Å². The van der Waals surface area contributed by atoms with Crippen molar-refractivity contribution >= 4 is 16.7 Å². The van der Waals surface area contributed by atoms with Crippen LogP contribution in [0.4, 0.5) is 5.13 Å². The first kappa shape index (κ1) is 15.6. The Hall–Kier alpha value is -2.25. The summed E-state index contributed by atoms with van der Waals surface area (Å²) in [7, 11) is 0. The van der Waals surface area contributed by atoms with Gasteiger partial charge in [0.25, 0.3) is 0 Å². The van der Waals surface area contributed by atoms with E-state index >= 15 is 0 Å². The molecule has 1 unspecified atom stereocenters. The fraction of sp³-hybridized carbons (Fsp3) is 0.312. The van der Waals surface area contributed by atoms with Crippen molar-refractivity contribution in [2.75, 3.05) is 11.9 Å². The number of aromatic nitrogens is 4. The fourth-order valence-electron chi connectivity index (χ4n) is 2.16. The molecule has 0 aliphatic rings. The minimum atomic E-state index is 0.434. The minimum absolute atomic E-state index is 0.434. The first-order chi connectivity index (χ1) is 11.3. The normalized spacial score (nSPS) is 12.2. The Morgan fingerprint density at radius 3 is 2.91 bits per heavy atom. The van der Waals surface area contributed by atoms with E-state index in [1.807, 2.05) is 12.3 Å². The molecular formula is C16H20N6S. The third-order valence-electron chi connectivity index (χ3n) is 3.50. The Balaban J connectivity index is 1.39. The van der Waals surface area contributed by atoms with E-state index in [0.717, 1.165) is 24.6 Å². The van der Waals surface area contributed by atoms with Crippen molar-refractivity contribution in [3.63, 3.8) is 0 Å². The van der Waals surface area contributed by atoms with Gasteiger partial charge in [-0.3, -0.25) is 4.57 Å². The van der Waals surface area contributed by atoms with Crippen molar-refractivity contribution in [1.29, 1.82) is 0 Å².